The van der Waals surface area contributed by atoms with Crippen molar-refractivity contribution in [2.24, 2.45) is 4.99 Å². The fourth-order valence-electron chi connectivity index (χ4n) is 5.11. The minimum absolute atomic E-state index is 0.118. The van der Waals surface area contributed by atoms with E-state index in [1.54, 1.807) is 62.4 Å². The first-order chi connectivity index (χ1) is 22.9. The Morgan fingerprint density at radius 3 is 2.46 bits per heavy atom. The maximum Gasteiger partial charge on any atom is 0.338 e. The van der Waals surface area contributed by atoms with Gasteiger partial charge in [-0.2, -0.15) is 0 Å². The molecule has 1 aliphatic heterocycles. The lowest BCUT2D eigenvalue weighted by Gasteiger charge is -2.25. The van der Waals surface area contributed by atoms with E-state index in [1.807, 2.05) is 13.8 Å². The molecule has 0 saturated heterocycles. The minimum atomic E-state index is -0.887. The Bertz CT molecular complexity index is 2150. The van der Waals surface area contributed by atoms with Crippen molar-refractivity contribution in [1.29, 1.82) is 0 Å². The second-order valence-corrected chi connectivity index (χ2v) is 11.7. The van der Waals surface area contributed by atoms with Crippen molar-refractivity contribution in [3.63, 3.8) is 0 Å². The number of non-ortho nitro benzene ring substituents is 1. The number of ether oxygens (including phenoxy) is 4. The summed E-state index contributed by atoms with van der Waals surface area (Å²) in [7, 11) is 1.50. The van der Waals surface area contributed by atoms with E-state index in [1.165, 1.54) is 11.7 Å². The van der Waals surface area contributed by atoms with Gasteiger partial charge in [0.25, 0.3) is 11.2 Å². The van der Waals surface area contributed by atoms with E-state index in [4.69, 9.17) is 18.9 Å². The third-order valence-corrected chi connectivity index (χ3v) is 8.10. The molecule has 248 valence electrons. The largest absolute Gasteiger partial charge is 0.493 e. The number of esters is 1. The summed E-state index contributed by atoms with van der Waals surface area (Å²) in [4.78, 5) is 53.5. The molecule has 0 bridgehead atoms. The third-order valence-electron chi connectivity index (χ3n) is 7.12. The molecule has 5 rings (SSSR count). The number of nitrogens with zero attached hydrogens (tertiary/aromatic N) is 4. The smallest absolute Gasteiger partial charge is 0.338 e. The molecule has 0 unspecified atom stereocenters. The molecule has 0 spiro atoms. The van der Waals surface area contributed by atoms with Crippen LogP contribution in [-0.2, 0) is 9.53 Å². The molecular weight excluding hydrogens is 644 g/mol. The van der Waals surface area contributed by atoms with Crippen LogP contribution in [0.1, 0.15) is 44.9 Å². The number of fused-ring (bicyclic) bond motifs is 1. The number of carbonyl (C=O) groups is 1. The molecule has 0 amide bonds. The van der Waals surface area contributed by atoms with E-state index in [2.05, 4.69) is 4.99 Å². The van der Waals surface area contributed by atoms with E-state index in [0.29, 0.717) is 37.7 Å². The Morgan fingerprint density at radius 1 is 1.04 bits per heavy atom. The molecule has 0 N–H and O–H groups in total. The normalized spacial score (nSPS) is 14.3. The van der Waals surface area contributed by atoms with Crippen LogP contribution >= 0.6 is 11.3 Å². The Balaban J connectivity index is 1.59. The van der Waals surface area contributed by atoms with Crippen LogP contribution in [0.25, 0.3) is 6.08 Å². The first-order valence-electron chi connectivity index (χ1n) is 14.7. The molecule has 0 saturated carbocycles. The van der Waals surface area contributed by atoms with E-state index >= 15 is 0 Å². The molecule has 48 heavy (non-hydrogen) atoms. The van der Waals surface area contributed by atoms with Gasteiger partial charge in [-0.1, -0.05) is 29.5 Å². The molecule has 3 aromatic carbocycles. The fourth-order valence-corrected chi connectivity index (χ4v) is 6.15. The van der Waals surface area contributed by atoms with Crippen molar-refractivity contribution in [2.75, 3.05) is 13.7 Å². The minimum Gasteiger partial charge on any atom is -0.493 e. The summed E-state index contributed by atoms with van der Waals surface area (Å²) in [6.45, 7) is 7.27. The Morgan fingerprint density at radius 2 is 1.79 bits per heavy atom. The summed E-state index contributed by atoms with van der Waals surface area (Å²) in [6, 6.07) is 13.9. The molecule has 1 atom stereocenters. The molecule has 1 aromatic heterocycles. The summed E-state index contributed by atoms with van der Waals surface area (Å²) in [6.07, 6.45) is 1.49. The number of thiazole rings is 1. The van der Waals surface area contributed by atoms with E-state index in [9.17, 15) is 29.8 Å². The number of nitro benzene ring substituents is 2. The van der Waals surface area contributed by atoms with Crippen LogP contribution in [0.3, 0.4) is 0 Å². The van der Waals surface area contributed by atoms with Gasteiger partial charge in [-0.25, -0.2) is 9.79 Å². The lowest BCUT2D eigenvalue weighted by Crippen LogP contribution is -2.40. The second kappa shape index (κ2) is 13.9. The van der Waals surface area contributed by atoms with E-state index in [0.717, 1.165) is 29.5 Å². The molecule has 4 aromatic rings. The summed E-state index contributed by atoms with van der Waals surface area (Å²) < 4.78 is 24.3. The fraction of sp³-hybridized carbons (Fsp3) is 0.242. The Kier molecular flexibility index (Phi) is 9.70. The van der Waals surface area contributed by atoms with Crippen LogP contribution in [0.15, 0.2) is 81.7 Å². The zero-order chi connectivity index (χ0) is 34.7. The predicted octanol–water partition coefficient (Wildman–Crippen LogP) is 5.20. The van der Waals surface area contributed by atoms with Gasteiger partial charge in [-0.05, 0) is 75.2 Å². The number of methoxy groups -OCH3 is 1. The first kappa shape index (κ1) is 33.5. The zero-order valence-electron chi connectivity index (χ0n) is 26.5. The highest BCUT2D eigenvalue weighted by Gasteiger charge is 2.34. The average molecular weight is 675 g/mol. The van der Waals surface area contributed by atoms with Gasteiger partial charge >= 0.3 is 11.7 Å². The van der Waals surface area contributed by atoms with Crippen LogP contribution in [0.4, 0.5) is 11.4 Å². The quantitative estimate of drug-likeness (QED) is 0.117. The van der Waals surface area contributed by atoms with Crippen LogP contribution < -0.4 is 29.1 Å². The van der Waals surface area contributed by atoms with Gasteiger partial charge in [-0.15, -0.1) is 0 Å². The number of carbonyl (C=O) groups excluding carboxylic acids is 1. The van der Waals surface area contributed by atoms with Gasteiger partial charge in [0.05, 0.1) is 57.6 Å². The van der Waals surface area contributed by atoms with Crippen molar-refractivity contribution in [2.45, 2.75) is 39.8 Å². The van der Waals surface area contributed by atoms with Crippen molar-refractivity contribution < 1.29 is 33.6 Å². The molecule has 2 heterocycles. The monoisotopic (exact) mass is 674 g/mol. The Hall–Kier alpha value is -5.83. The molecule has 15 heteroatoms. The summed E-state index contributed by atoms with van der Waals surface area (Å²) in [5.41, 5.74) is 0.262. The maximum absolute atomic E-state index is 14.1. The first-order valence-corrected chi connectivity index (χ1v) is 15.5. The highest BCUT2D eigenvalue weighted by Crippen LogP contribution is 2.37. The van der Waals surface area contributed by atoms with Crippen molar-refractivity contribution in [1.82, 2.24) is 4.57 Å². The van der Waals surface area contributed by atoms with Gasteiger partial charge in [0.15, 0.2) is 16.3 Å². The molecule has 1 aliphatic rings. The zero-order valence-corrected chi connectivity index (χ0v) is 27.3. The average Bonchev–Trinajstić information content (AvgIpc) is 3.34. The number of benzene rings is 3. The predicted molar refractivity (Wildman–Crippen MR) is 175 cm³/mol. The standard InChI is InChI=1S/C33H30N4O10S/c1-6-45-32(39)29-19(4)34-33-35(30(29)21-10-12-26(46-18(2)3)27(16-21)44-5)31(38)28(48-33)15-20-8-7-9-23(14-20)47-25-13-11-22(36(40)41)17-24(25)37(42)43/h7-18,30H,6H2,1-5H3/b28-15+/t30-/m1/s1. The topological polar surface area (TPSA) is 175 Å². The van der Waals surface area contributed by atoms with Crippen LogP contribution in [-0.4, -0.2) is 40.2 Å². The van der Waals surface area contributed by atoms with Gasteiger partial charge < -0.3 is 18.9 Å². The molecule has 14 nitrogen and oxygen atoms in total. The summed E-state index contributed by atoms with van der Waals surface area (Å²) >= 11 is 1.12. The van der Waals surface area contributed by atoms with Gasteiger partial charge in [0.1, 0.15) is 5.75 Å². The lowest BCUT2D eigenvalue weighted by molar-refractivity contribution is -0.394. The van der Waals surface area contributed by atoms with Crippen molar-refractivity contribution in [3.05, 3.63) is 123 Å². The number of rotatable bonds is 11. The number of nitro groups is 2. The van der Waals surface area contributed by atoms with Gasteiger partial charge in [0, 0.05) is 6.07 Å². The highest BCUT2D eigenvalue weighted by atomic mass is 32.1. The summed E-state index contributed by atoms with van der Waals surface area (Å²) in [5, 5.41) is 22.7. The highest BCUT2D eigenvalue weighted by molar-refractivity contribution is 7.07. The number of hydrogen-bond acceptors (Lipinski definition) is 12. The number of hydrogen-bond donors (Lipinski definition) is 0. The molecule has 0 fully saturated rings. The van der Waals surface area contributed by atoms with Gasteiger partial charge in [-0.3, -0.25) is 29.6 Å². The second-order valence-electron chi connectivity index (χ2n) is 10.7. The summed E-state index contributed by atoms with van der Waals surface area (Å²) in [5.74, 6) is 0.325. The van der Waals surface area contributed by atoms with Gasteiger partial charge in [0.2, 0.25) is 5.75 Å². The van der Waals surface area contributed by atoms with Crippen LogP contribution in [0.2, 0.25) is 0 Å². The SMILES string of the molecule is CCOC(=O)C1=C(C)N=c2s/c(=C/c3cccc(Oc4ccc([N+](=O)[O-])cc4[N+](=O)[O-])c3)c(=O)n2[C@@H]1c1ccc(OC(C)C)c(OC)c1. The molecule has 0 aliphatic carbocycles. The van der Waals surface area contributed by atoms with Crippen molar-refractivity contribution >= 4 is 34.8 Å². The van der Waals surface area contributed by atoms with Crippen molar-refractivity contribution in [3.8, 4) is 23.0 Å². The number of allylic oxidation sites excluding steroid dienone is 1. The molecular formula is C33H30N4O10S. The van der Waals surface area contributed by atoms with Crippen LogP contribution in [0.5, 0.6) is 23.0 Å². The van der Waals surface area contributed by atoms with Crippen LogP contribution in [0, 0.1) is 20.2 Å². The maximum atomic E-state index is 14.1. The third kappa shape index (κ3) is 6.80. The molecule has 0 radical (unpaired) electrons. The van der Waals surface area contributed by atoms with E-state index < -0.39 is 38.8 Å². The lowest BCUT2D eigenvalue weighted by atomic mass is 9.95. The Labute approximate surface area is 277 Å². The number of aromatic nitrogens is 1. The van der Waals surface area contributed by atoms with E-state index in [-0.39, 0.29) is 29.8 Å².